The van der Waals surface area contributed by atoms with Gasteiger partial charge in [-0.05, 0) is 29.8 Å². The molecule has 1 heterocycles. The molecule has 5 heteroatoms. The largest absolute Gasteiger partial charge is 0.347 e. The fourth-order valence-corrected chi connectivity index (χ4v) is 2.10. The van der Waals surface area contributed by atoms with Crippen molar-refractivity contribution in [3.63, 3.8) is 0 Å². The molecule has 0 aliphatic rings. The summed E-state index contributed by atoms with van der Waals surface area (Å²) >= 11 is 5.82. The molecule has 0 saturated carbocycles. The summed E-state index contributed by atoms with van der Waals surface area (Å²) in [5, 5.41) is 12.4. The standard InChI is InChI=1S/C16H12ClN3O/c17-13-7-5-11(6-8-13)10-18-16(21)15-9-12-3-1-2-4-14(12)19-20-15/h1-9H,10H2,(H,18,21). The fraction of sp³-hybridized carbons (Fsp3) is 0.0625. The Bertz CT molecular complexity index is 787. The summed E-state index contributed by atoms with van der Waals surface area (Å²) in [6.45, 7) is 0.421. The zero-order valence-electron chi connectivity index (χ0n) is 11.1. The molecule has 0 aliphatic heterocycles. The van der Waals surface area contributed by atoms with Crippen LogP contribution >= 0.6 is 11.6 Å². The van der Waals surface area contributed by atoms with Crippen LogP contribution in [0.15, 0.2) is 54.6 Å². The number of fused-ring (bicyclic) bond motifs is 1. The molecule has 0 bridgehead atoms. The normalized spacial score (nSPS) is 10.5. The fourth-order valence-electron chi connectivity index (χ4n) is 1.97. The van der Waals surface area contributed by atoms with Gasteiger partial charge in [0.2, 0.25) is 0 Å². The summed E-state index contributed by atoms with van der Waals surface area (Å²) in [5.74, 6) is -0.247. The van der Waals surface area contributed by atoms with E-state index in [9.17, 15) is 4.79 Å². The molecular weight excluding hydrogens is 286 g/mol. The molecule has 2 aromatic carbocycles. The number of halogens is 1. The minimum Gasteiger partial charge on any atom is -0.347 e. The van der Waals surface area contributed by atoms with Crippen LogP contribution in [0.1, 0.15) is 16.1 Å². The van der Waals surface area contributed by atoms with Crippen LogP contribution in [-0.2, 0) is 6.54 Å². The Kier molecular flexibility index (Phi) is 3.79. The smallest absolute Gasteiger partial charge is 0.272 e. The van der Waals surface area contributed by atoms with Crippen LogP contribution in [0.2, 0.25) is 5.02 Å². The Morgan fingerprint density at radius 2 is 1.81 bits per heavy atom. The first-order valence-corrected chi connectivity index (χ1v) is 6.85. The molecule has 1 amide bonds. The Hall–Kier alpha value is -2.46. The van der Waals surface area contributed by atoms with Gasteiger partial charge in [-0.1, -0.05) is 41.9 Å². The van der Waals surface area contributed by atoms with Crippen LogP contribution in [0.25, 0.3) is 10.9 Å². The number of hydrogen-bond acceptors (Lipinski definition) is 3. The summed E-state index contributed by atoms with van der Waals surface area (Å²) in [5.41, 5.74) is 2.05. The Labute approximate surface area is 126 Å². The summed E-state index contributed by atoms with van der Waals surface area (Å²) in [7, 11) is 0. The van der Waals surface area contributed by atoms with Crippen LogP contribution in [0.3, 0.4) is 0 Å². The number of hydrogen-bond donors (Lipinski definition) is 1. The van der Waals surface area contributed by atoms with Crippen LogP contribution < -0.4 is 5.32 Å². The van der Waals surface area contributed by atoms with Crippen molar-refractivity contribution in [2.45, 2.75) is 6.54 Å². The van der Waals surface area contributed by atoms with Gasteiger partial charge in [0.25, 0.3) is 5.91 Å². The molecule has 104 valence electrons. The number of aromatic nitrogens is 2. The molecule has 1 N–H and O–H groups in total. The van der Waals surface area contributed by atoms with E-state index in [-0.39, 0.29) is 5.91 Å². The first kappa shape index (κ1) is 13.5. The van der Waals surface area contributed by atoms with E-state index in [2.05, 4.69) is 15.5 Å². The van der Waals surface area contributed by atoms with E-state index in [1.807, 2.05) is 36.4 Å². The van der Waals surface area contributed by atoms with Gasteiger partial charge < -0.3 is 5.32 Å². The van der Waals surface area contributed by atoms with E-state index in [0.29, 0.717) is 17.3 Å². The first-order valence-electron chi connectivity index (χ1n) is 6.47. The predicted octanol–water partition coefficient (Wildman–Crippen LogP) is 3.21. The zero-order valence-corrected chi connectivity index (χ0v) is 11.8. The molecular formula is C16H12ClN3O. The van der Waals surface area contributed by atoms with Crippen LogP contribution in [0, 0.1) is 0 Å². The minimum absolute atomic E-state index is 0.247. The van der Waals surface area contributed by atoms with Crippen molar-refractivity contribution in [2.75, 3.05) is 0 Å². The van der Waals surface area contributed by atoms with Gasteiger partial charge in [0, 0.05) is 17.0 Å². The average Bonchev–Trinajstić information content (AvgIpc) is 2.53. The van der Waals surface area contributed by atoms with Crippen molar-refractivity contribution in [2.24, 2.45) is 0 Å². The summed E-state index contributed by atoms with van der Waals surface area (Å²) in [6, 6.07) is 16.6. The minimum atomic E-state index is -0.247. The molecule has 0 aliphatic carbocycles. The Balaban J connectivity index is 1.73. The van der Waals surface area contributed by atoms with Gasteiger partial charge in [-0.2, -0.15) is 0 Å². The van der Waals surface area contributed by atoms with Gasteiger partial charge in [0.05, 0.1) is 5.52 Å². The second kappa shape index (κ2) is 5.89. The lowest BCUT2D eigenvalue weighted by atomic mass is 10.2. The SMILES string of the molecule is O=C(NCc1ccc(Cl)cc1)c1cc2ccccc2nn1. The van der Waals surface area contributed by atoms with Crippen molar-refractivity contribution in [1.29, 1.82) is 0 Å². The average molecular weight is 298 g/mol. The highest BCUT2D eigenvalue weighted by atomic mass is 35.5. The number of nitrogens with one attached hydrogen (secondary N) is 1. The highest BCUT2D eigenvalue weighted by molar-refractivity contribution is 6.30. The third-order valence-corrected chi connectivity index (χ3v) is 3.35. The summed E-state index contributed by atoms with van der Waals surface area (Å²) < 4.78 is 0. The van der Waals surface area contributed by atoms with E-state index >= 15 is 0 Å². The molecule has 0 fully saturated rings. The zero-order chi connectivity index (χ0) is 14.7. The number of amides is 1. The van der Waals surface area contributed by atoms with Crippen molar-refractivity contribution >= 4 is 28.4 Å². The van der Waals surface area contributed by atoms with Crippen molar-refractivity contribution in [3.8, 4) is 0 Å². The second-order valence-corrected chi connectivity index (χ2v) is 5.03. The topological polar surface area (TPSA) is 54.9 Å². The van der Waals surface area contributed by atoms with Gasteiger partial charge in [-0.25, -0.2) is 0 Å². The summed E-state index contributed by atoms with van der Waals surface area (Å²) in [6.07, 6.45) is 0. The maximum absolute atomic E-state index is 12.1. The van der Waals surface area contributed by atoms with Gasteiger partial charge >= 0.3 is 0 Å². The maximum atomic E-state index is 12.1. The molecule has 21 heavy (non-hydrogen) atoms. The molecule has 3 aromatic rings. The molecule has 0 spiro atoms. The lowest BCUT2D eigenvalue weighted by Gasteiger charge is -2.05. The number of benzene rings is 2. The van der Waals surface area contributed by atoms with E-state index in [1.165, 1.54) is 0 Å². The molecule has 0 radical (unpaired) electrons. The third kappa shape index (κ3) is 3.17. The van der Waals surface area contributed by atoms with E-state index in [1.54, 1.807) is 18.2 Å². The number of nitrogens with zero attached hydrogens (tertiary/aromatic N) is 2. The number of carbonyl (C=O) groups excluding carboxylic acids is 1. The number of rotatable bonds is 3. The molecule has 3 rings (SSSR count). The lowest BCUT2D eigenvalue weighted by molar-refractivity contribution is 0.0945. The lowest BCUT2D eigenvalue weighted by Crippen LogP contribution is -2.24. The van der Waals surface area contributed by atoms with Gasteiger partial charge in [-0.3, -0.25) is 4.79 Å². The maximum Gasteiger partial charge on any atom is 0.272 e. The Morgan fingerprint density at radius 3 is 2.62 bits per heavy atom. The predicted molar refractivity (Wildman–Crippen MR) is 82.2 cm³/mol. The molecule has 1 aromatic heterocycles. The van der Waals surface area contributed by atoms with Crippen LogP contribution in [0.5, 0.6) is 0 Å². The van der Waals surface area contributed by atoms with E-state index in [0.717, 1.165) is 16.5 Å². The summed E-state index contributed by atoms with van der Waals surface area (Å²) in [4.78, 5) is 12.1. The molecule has 0 unspecified atom stereocenters. The third-order valence-electron chi connectivity index (χ3n) is 3.09. The van der Waals surface area contributed by atoms with Gasteiger partial charge in [0.1, 0.15) is 0 Å². The monoisotopic (exact) mass is 297 g/mol. The quantitative estimate of drug-likeness (QED) is 0.807. The van der Waals surface area contributed by atoms with Crippen molar-refractivity contribution < 1.29 is 4.79 Å². The van der Waals surface area contributed by atoms with Crippen LogP contribution in [-0.4, -0.2) is 16.1 Å². The Morgan fingerprint density at radius 1 is 1.05 bits per heavy atom. The second-order valence-electron chi connectivity index (χ2n) is 4.60. The van der Waals surface area contributed by atoms with Crippen molar-refractivity contribution in [1.82, 2.24) is 15.5 Å². The highest BCUT2D eigenvalue weighted by Gasteiger charge is 2.08. The van der Waals surface area contributed by atoms with Crippen LogP contribution in [0.4, 0.5) is 0 Å². The van der Waals surface area contributed by atoms with Gasteiger partial charge in [-0.15, -0.1) is 10.2 Å². The van der Waals surface area contributed by atoms with Crippen molar-refractivity contribution in [3.05, 3.63) is 70.9 Å². The number of carbonyl (C=O) groups is 1. The molecule has 0 saturated heterocycles. The first-order chi connectivity index (χ1) is 10.2. The molecule has 4 nitrogen and oxygen atoms in total. The highest BCUT2D eigenvalue weighted by Crippen LogP contribution is 2.11. The van der Waals surface area contributed by atoms with E-state index in [4.69, 9.17) is 11.6 Å². The molecule has 0 atom stereocenters. The van der Waals surface area contributed by atoms with Gasteiger partial charge in [0.15, 0.2) is 5.69 Å². The van der Waals surface area contributed by atoms with E-state index < -0.39 is 0 Å².